The smallest absolute Gasteiger partial charge is 0.314 e. The quantitative estimate of drug-likeness (QED) is 0.0746. The Morgan fingerprint density at radius 3 is 1.72 bits per heavy atom. The van der Waals surface area contributed by atoms with E-state index in [2.05, 4.69) is 33.5 Å². The first-order valence-corrected chi connectivity index (χ1v) is 17.1. The summed E-state index contributed by atoms with van der Waals surface area (Å²) in [6.45, 7) is 13.3. The summed E-state index contributed by atoms with van der Waals surface area (Å²) >= 11 is 0. The second-order valence-corrected chi connectivity index (χ2v) is 14.8. The monoisotopic (exact) mass is 469 g/mol. The number of hydrogen-bond acceptors (Lipinski definition) is 4. The molecule has 4 nitrogen and oxygen atoms in total. The zero-order chi connectivity index (χ0) is 24.2. The number of rotatable bonds is 22. The molecule has 0 bridgehead atoms. The predicted molar refractivity (Wildman–Crippen MR) is 141 cm³/mol. The number of carbonyl (C=O) groups excluding carboxylic acids is 1. The van der Waals surface area contributed by atoms with E-state index in [0.717, 1.165) is 32.1 Å². The zero-order valence-corrected chi connectivity index (χ0v) is 23.4. The van der Waals surface area contributed by atoms with Gasteiger partial charge >= 0.3 is 5.97 Å². The molecule has 0 aliphatic carbocycles. The molecule has 0 heterocycles. The van der Waals surface area contributed by atoms with Crippen LogP contribution in [-0.4, -0.2) is 32.7 Å². The fourth-order valence-corrected chi connectivity index (χ4v) is 5.43. The van der Waals surface area contributed by atoms with Crippen LogP contribution in [0.15, 0.2) is 0 Å². The molecule has 32 heavy (non-hydrogen) atoms. The van der Waals surface area contributed by atoms with Crippen molar-refractivity contribution in [3.63, 3.8) is 0 Å². The lowest BCUT2D eigenvalue weighted by molar-refractivity contribution is -0.145. The fraction of sp³-hybridized carbons (Fsp3) is 0.926. The van der Waals surface area contributed by atoms with Crippen LogP contribution in [0.2, 0.25) is 19.6 Å². The Morgan fingerprint density at radius 2 is 1.22 bits per heavy atom. The second kappa shape index (κ2) is 19.8. The van der Waals surface area contributed by atoms with Gasteiger partial charge in [-0.25, -0.2) is 0 Å². The molecule has 0 spiro atoms. The van der Waals surface area contributed by atoms with Crippen molar-refractivity contribution in [3.05, 3.63) is 0 Å². The largest absolute Gasteiger partial charge is 0.465 e. The third-order valence-corrected chi connectivity index (χ3v) is 6.98. The van der Waals surface area contributed by atoms with E-state index in [1.54, 1.807) is 0 Å². The van der Waals surface area contributed by atoms with Gasteiger partial charge in [0.05, 0.1) is 18.6 Å². The van der Waals surface area contributed by atoms with Crippen molar-refractivity contribution in [1.29, 1.82) is 5.41 Å². The maximum atomic E-state index is 12.5. The van der Waals surface area contributed by atoms with Gasteiger partial charge in [-0.15, -0.1) is 0 Å². The van der Waals surface area contributed by atoms with Crippen LogP contribution >= 0.6 is 0 Å². The van der Waals surface area contributed by atoms with Gasteiger partial charge < -0.3 is 14.6 Å². The first-order valence-electron chi connectivity index (χ1n) is 13.7. The van der Waals surface area contributed by atoms with Gasteiger partial charge in [0.15, 0.2) is 8.32 Å². The van der Waals surface area contributed by atoms with Crippen LogP contribution in [-0.2, 0) is 14.0 Å². The second-order valence-electron chi connectivity index (χ2n) is 10.4. The van der Waals surface area contributed by atoms with Gasteiger partial charge in [0.1, 0.15) is 0 Å². The number of esters is 1. The normalized spacial score (nSPS) is 13.7. The lowest BCUT2D eigenvalue weighted by atomic mass is 9.91. The van der Waals surface area contributed by atoms with Gasteiger partial charge in [0.25, 0.3) is 0 Å². The van der Waals surface area contributed by atoms with Crippen LogP contribution in [0.1, 0.15) is 124 Å². The average molecular weight is 470 g/mol. The molecule has 2 atom stereocenters. The molecule has 0 aromatic carbocycles. The van der Waals surface area contributed by atoms with Crippen molar-refractivity contribution in [1.82, 2.24) is 0 Å². The Labute approximate surface area is 201 Å². The lowest BCUT2D eigenvalue weighted by Gasteiger charge is -2.28. The number of unbranched alkanes of at least 4 members (excludes halogenated alkanes) is 11. The molecule has 0 aliphatic rings. The Hall–Kier alpha value is -0.683. The highest BCUT2D eigenvalue weighted by Crippen LogP contribution is 2.22. The maximum absolute atomic E-state index is 12.5. The minimum atomic E-state index is -1.71. The Kier molecular flexibility index (Phi) is 19.3. The summed E-state index contributed by atoms with van der Waals surface area (Å²) in [7, 11) is -1.71. The number of hydrogen-bond donors (Lipinski definition) is 1. The number of ether oxygens (including phenoxy) is 1. The maximum Gasteiger partial charge on any atom is 0.314 e. The van der Waals surface area contributed by atoms with E-state index in [1.165, 1.54) is 64.2 Å². The average Bonchev–Trinajstić information content (AvgIpc) is 2.71. The standard InChI is InChI=1S/C27H55NO3Si/c1-7-10-12-14-15-16-17-18-19-21-24(31-32(4,5)6)23-26(28)25(27(29)30-9-3)22-20-13-11-8-2/h24-25,28H,7-23H2,1-6H3/t24-,25?/m1/s1. The van der Waals surface area contributed by atoms with E-state index >= 15 is 0 Å². The summed E-state index contributed by atoms with van der Waals surface area (Å²) < 4.78 is 11.8. The predicted octanol–water partition coefficient (Wildman–Crippen LogP) is 8.69. The molecule has 1 N–H and O–H groups in total. The van der Waals surface area contributed by atoms with Crippen molar-refractivity contribution in [2.24, 2.45) is 5.92 Å². The van der Waals surface area contributed by atoms with E-state index in [-0.39, 0.29) is 12.1 Å². The molecule has 0 aromatic heterocycles. The molecule has 1 unspecified atom stereocenters. The summed E-state index contributed by atoms with van der Waals surface area (Å²) in [6.07, 6.45) is 18.6. The summed E-state index contributed by atoms with van der Waals surface area (Å²) in [5, 5.41) is 8.73. The summed E-state index contributed by atoms with van der Waals surface area (Å²) in [4.78, 5) is 12.5. The molecule has 0 saturated heterocycles. The van der Waals surface area contributed by atoms with Gasteiger partial charge in [0, 0.05) is 12.1 Å². The summed E-state index contributed by atoms with van der Waals surface area (Å²) in [5.41, 5.74) is 0.513. The number of nitrogens with one attached hydrogen (secondary N) is 1. The Balaban J connectivity index is 4.65. The summed E-state index contributed by atoms with van der Waals surface area (Å²) in [5.74, 6) is -0.619. The van der Waals surface area contributed by atoms with E-state index in [9.17, 15) is 4.79 Å². The first-order chi connectivity index (χ1) is 15.2. The van der Waals surface area contributed by atoms with Crippen molar-refractivity contribution in [2.45, 2.75) is 149 Å². The molecule has 0 aliphatic heterocycles. The molecule has 190 valence electrons. The number of carbonyl (C=O) groups is 1. The van der Waals surface area contributed by atoms with Crippen LogP contribution in [0.5, 0.6) is 0 Å². The van der Waals surface area contributed by atoms with Gasteiger partial charge in [-0.1, -0.05) is 97.3 Å². The Morgan fingerprint density at radius 1 is 0.750 bits per heavy atom. The molecule has 0 aromatic rings. The molecule has 0 amide bonds. The molecule has 5 heteroatoms. The minimum absolute atomic E-state index is 0.0614. The van der Waals surface area contributed by atoms with Crippen LogP contribution in [0.4, 0.5) is 0 Å². The lowest BCUT2D eigenvalue weighted by Crippen LogP contribution is -2.35. The molecule has 0 rings (SSSR count). The van der Waals surface area contributed by atoms with Crippen LogP contribution in [0.25, 0.3) is 0 Å². The van der Waals surface area contributed by atoms with Crippen LogP contribution in [0, 0.1) is 11.3 Å². The third kappa shape index (κ3) is 17.8. The van der Waals surface area contributed by atoms with Crippen molar-refractivity contribution < 1.29 is 14.0 Å². The molecule has 0 fully saturated rings. The zero-order valence-electron chi connectivity index (χ0n) is 22.4. The van der Waals surface area contributed by atoms with Gasteiger partial charge in [-0.05, 0) is 39.4 Å². The van der Waals surface area contributed by atoms with Crippen molar-refractivity contribution in [2.75, 3.05) is 6.61 Å². The molecular formula is C27H55NO3Si. The van der Waals surface area contributed by atoms with Gasteiger partial charge in [0.2, 0.25) is 0 Å². The van der Waals surface area contributed by atoms with E-state index in [4.69, 9.17) is 14.6 Å². The highest BCUT2D eigenvalue weighted by Gasteiger charge is 2.28. The highest BCUT2D eigenvalue weighted by molar-refractivity contribution is 6.69. The van der Waals surface area contributed by atoms with Crippen molar-refractivity contribution >= 4 is 20.0 Å². The van der Waals surface area contributed by atoms with Gasteiger partial charge in [-0.2, -0.15) is 0 Å². The molecule has 0 radical (unpaired) electrons. The molecule has 0 saturated carbocycles. The van der Waals surface area contributed by atoms with E-state index in [1.807, 2.05) is 6.92 Å². The summed E-state index contributed by atoms with van der Waals surface area (Å²) in [6, 6.07) is 0. The Bertz CT molecular complexity index is 476. The van der Waals surface area contributed by atoms with Crippen LogP contribution < -0.4 is 0 Å². The third-order valence-electron chi connectivity index (χ3n) is 5.94. The topological polar surface area (TPSA) is 59.4 Å². The van der Waals surface area contributed by atoms with E-state index in [0.29, 0.717) is 18.7 Å². The van der Waals surface area contributed by atoms with Crippen molar-refractivity contribution in [3.8, 4) is 0 Å². The van der Waals surface area contributed by atoms with Crippen LogP contribution in [0.3, 0.4) is 0 Å². The van der Waals surface area contributed by atoms with Gasteiger partial charge in [-0.3, -0.25) is 4.79 Å². The molecular weight excluding hydrogens is 414 g/mol. The first kappa shape index (κ1) is 31.3. The van der Waals surface area contributed by atoms with E-state index < -0.39 is 14.2 Å². The fourth-order valence-electron chi connectivity index (χ4n) is 4.23. The minimum Gasteiger partial charge on any atom is -0.465 e. The SMILES string of the molecule is CCCCCCCCCCC[C@H](CC(=N)C(CCCCCC)C(=O)OCC)O[Si](C)(C)C. The highest BCUT2D eigenvalue weighted by atomic mass is 28.4.